The van der Waals surface area contributed by atoms with Gasteiger partial charge in [-0.25, -0.2) is 4.98 Å². The number of amides is 1. The lowest BCUT2D eigenvalue weighted by Gasteiger charge is -2.03. The minimum absolute atomic E-state index is 0.189. The number of benzene rings is 1. The highest BCUT2D eigenvalue weighted by Gasteiger charge is 2.02. The molecule has 6 heteroatoms. The number of rotatable bonds is 4. The molecule has 2 aromatic heterocycles. The summed E-state index contributed by atoms with van der Waals surface area (Å²) >= 11 is 1.55. The Labute approximate surface area is 125 Å². The second-order valence-electron chi connectivity index (χ2n) is 4.29. The highest BCUT2D eigenvalue weighted by atomic mass is 32.1. The maximum absolute atomic E-state index is 11.9. The molecular weight excluding hydrogens is 286 g/mol. The lowest BCUT2D eigenvalue weighted by Crippen LogP contribution is -2.07. The summed E-state index contributed by atoms with van der Waals surface area (Å²) in [5.74, 6) is 0.563. The van der Waals surface area contributed by atoms with Gasteiger partial charge < -0.3 is 10.1 Å². The molecule has 0 saturated carbocycles. The second-order valence-corrected chi connectivity index (χ2v) is 5.16. The summed E-state index contributed by atoms with van der Waals surface area (Å²) in [5.41, 5.74) is 1.59. The Kier molecular flexibility index (Phi) is 3.70. The molecule has 0 spiro atoms. The van der Waals surface area contributed by atoms with Gasteiger partial charge >= 0.3 is 0 Å². The second kappa shape index (κ2) is 5.80. The first-order chi connectivity index (χ1) is 10.3. The zero-order valence-electron chi connectivity index (χ0n) is 11.3. The number of ether oxygens (including phenoxy) is 1. The molecule has 3 rings (SSSR count). The molecule has 0 aliphatic rings. The third kappa shape index (κ3) is 2.95. The smallest absolute Gasteiger partial charge is 0.248 e. The van der Waals surface area contributed by atoms with Gasteiger partial charge in [-0.2, -0.15) is 0 Å². The van der Waals surface area contributed by atoms with Crippen molar-refractivity contribution in [2.75, 3.05) is 12.4 Å². The molecule has 1 amide bonds. The fourth-order valence-electron chi connectivity index (χ4n) is 1.89. The first-order valence-corrected chi connectivity index (χ1v) is 7.18. The van der Waals surface area contributed by atoms with Crippen molar-refractivity contribution in [1.82, 2.24) is 9.38 Å². The van der Waals surface area contributed by atoms with Crippen LogP contribution in [0.15, 0.2) is 48.1 Å². The Morgan fingerprint density at radius 2 is 2.19 bits per heavy atom. The summed E-state index contributed by atoms with van der Waals surface area (Å²) < 4.78 is 7.00. The normalized spacial score (nSPS) is 11.1. The standard InChI is InChI=1S/C15H13N3O2S/c1-20-13-5-2-11(3-6-13)17-14(19)7-4-12-10-16-15-18(12)8-9-21-15/h2-10H,1H3,(H,17,19)/b7-4+. The third-order valence-electron chi connectivity index (χ3n) is 2.94. The fraction of sp³-hybridized carbons (Fsp3) is 0.0667. The topological polar surface area (TPSA) is 55.6 Å². The van der Waals surface area contributed by atoms with Crippen LogP contribution in [0.5, 0.6) is 5.75 Å². The first-order valence-electron chi connectivity index (χ1n) is 6.30. The van der Waals surface area contributed by atoms with Gasteiger partial charge in [0.1, 0.15) is 5.75 Å². The van der Waals surface area contributed by atoms with Crippen LogP contribution in [0.25, 0.3) is 11.0 Å². The average Bonchev–Trinajstić information content (AvgIpc) is 3.09. The number of methoxy groups -OCH3 is 1. The van der Waals surface area contributed by atoms with E-state index in [0.29, 0.717) is 0 Å². The van der Waals surface area contributed by atoms with Gasteiger partial charge in [-0.3, -0.25) is 9.20 Å². The van der Waals surface area contributed by atoms with Gasteiger partial charge in [0.05, 0.1) is 19.0 Å². The first kappa shape index (κ1) is 13.4. The number of nitrogens with zero attached hydrogens (tertiary/aromatic N) is 2. The van der Waals surface area contributed by atoms with E-state index in [-0.39, 0.29) is 5.91 Å². The van der Waals surface area contributed by atoms with E-state index in [2.05, 4.69) is 10.3 Å². The zero-order valence-corrected chi connectivity index (χ0v) is 12.1. The largest absolute Gasteiger partial charge is 0.497 e. The van der Waals surface area contributed by atoms with Crippen LogP contribution in [0.3, 0.4) is 0 Å². The summed E-state index contributed by atoms with van der Waals surface area (Å²) in [6.07, 6.45) is 6.90. The summed E-state index contributed by atoms with van der Waals surface area (Å²) in [6, 6.07) is 7.18. The van der Waals surface area contributed by atoms with Crippen molar-refractivity contribution < 1.29 is 9.53 Å². The van der Waals surface area contributed by atoms with Crippen LogP contribution < -0.4 is 10.1 Å². The van der Waals surface area contributed by atoms with E-state index >= 15 is 0 Å². The number of carbonyl (C=O) groups is 1. The molecule has 0 atom stereocenters. The summed E-state index contributed by atoms with van der Waals surface area (Å²) in [6.45, 7) is 0. The van der Waals surface area contributed by atoms with Crippen LogP contribution in [0, 0.1) is 0 Å². The van der Waals surface area contributed by atoms with Crippen molar-refractivity contribution in [3.05, 3.63) is 53.8 Å². The molecule has 0 aliphatic carbocycles. The van der Waals surface area contributed by atoms with Crippen molar-refractivity contribution in [2.45, 2.75) is 0 Å². The molecule has 0 radical (unpaired) electrons. The molecule has 5 nitrogen and oxygen atoms in total. The van der Waals surface area contributed by atoms with Crippen molar-refractivity contribution in [1.29, 1.82) is 0 Å². The number of hydrogen-bond donors (Lipinski definition) is 1. The van der Waals surface area contributed by atoms with E-state index < -0.39 is 0 Å². The van der Waals surface area contributed by atoms with Crippen molar-refractivity contribution in [2.24, 2.45) is 0 Å². The number of imidazole rings is 1. The van der Waals surface area contributed by atoms with Crippen LogP contribution >= 0.6 is 11.3 Å². The van der Waals surface area contributed by atoms with E-state index in [1.54, 1.807) is 55.0 Å². The number of aromatic nitrogens is 2. The van der Waals surface area contributed by atoms with E-state index in [1.165, 1.54) is 6.08 Å². The van der Waals surface area contributed by atoms with Crippen LogP contribution in [0.2, 0.25) is 0 Å². The zero-order chi connectivity index (χ0) is 14.7. The Morgan fingerprint density at radius 3 is 2.95 bits per heavy atom. The van der Waals surface area contributed by atoms with Gasteiger partial charge in [-0.05, 0) is 30.3 Å². The molecule has 0 aliphatic heterocycles. The van der Waals surface area contributed by atoms with Crippen LogP contribution in [-0.2, 0) is 4.79 Å². The van der Waals surface area contributed by atoms with Gasteiger partial charge in [0.25, 0.3) is 0 Å². The number of carbonyl (C=O) groups excluding carboxylic acids is 1. The molecule has 106 valence electrons. The highest BCUT2D eigenvalue weighted by Crippen LogP contribution is 2.16. The van der Waals surface area contributed by atoms with Gasteiger partial charge in [0.2, 0.25) is 5.91 Å². The Balaban J connectivity index is 1.68. The van der Waals surface area contributed by atoms with E-state index in [4.69, 9.17) is 4.74 Å². The summed E-state index contributed by atoms with van der Waals surface area (Å²) in [5, 5.41) is 4.74. The van der Waals surface area contributed by atoms with Gasteiger partial charge in [0, 0.05) is 23.3 Å². The predicted octanol–water partition coefficient (Wildman–Crippen LogP) is 3.06. The minimum Gasteiger partial charge on any atom is -0.497 e. The number of nitrogens with one attached hydrogen (secondary N) is 1. The van der Waals surface area contributed by atoms with Gasteiger partial charge in [-0.15, -0.1) is 11.3 Å². The molecule has 21 heavy (non-hydrogen) atoms. The highest BCUT2D eigenvalue weighted by molar-refractivity contribution is 7.15. The molecular formula is C15H13N3O2S. The summed E-state index contributed by atoms with van der Waals surface area (Å²) in [4.78, 5) is 17.0. The number of hydrogen-bond acceptors (Lipinski definition) is 4. The molecule has 0 unspecified atom stereocenters. The molecule has 1 N–H and O–H groups in total. The maximum Gasteiger partial charge on any atom is 0.248 e. The molecule has 2 heterocycles. The Morgan fingerprint density at radius 1 is 1.38 bits per heavy atom. The number of thiazole rings is 1. The van der Waals surface area contributed by atoms with Crippen molar-refractivity contribution >= 4 is 34.0 Å². The lowest BCUT2D eigenvalue weighted by molar-refractivity contribution is -0.111. The SMILES string of the molecule is COc1ccc(NC(=O)/C=C/c2cnc3sccn23)cc1. The third-order valence-corrected chi connectivity index (χ3v) is 3.71. The average molecular weight is 299 g/mol. The molecule has 3 aromatic rings. The van der Waals surface area contributed by atoms with Crippen LogP contribution in [0.1, 0.15) is 5.69 Å². The molecule has 0 saturated heterocycles. The van der Waals surface area contributed by atoms with Crippen LogP contribution in [0.4, 0.5) is 5.69 Å². The fourth-order valence-corrected chi connectivity index (χ4v) is 2.59. The van der Waals surface area contributed by atoms with Gasteiger partial charge in [0.15, 0.2) is 4.96 Å². The monoisotopic (exact) mass is 299 g/mol. The molecule has 0 fully saturated rings. The lowest BCUT2D eigenvalue weighted by atomic mass is 10.3. The predicted molar refractivity (Wildman–Crippen MR) is 83.7 cm³/mol. The van der Waals surface area contributed by atoms with Crippen molar-refractivity contribution in [3.8, 4) is 5.75 Å². The molecule has 0 bridgehead atoms. The Bertz CT molecular complexity index is 787. The van der Waals surface area contributed by atoms with Crippen molar-refractivity contribution in [3.63, 3.8) is 0 Å². The number of anilines is 1. The number of fused-ring (bicyclic) bond motifs is 1. The van der Waals surface area contributed by atoms with E-state index in [1.807, 2.05) is 16.0 Å². The van der Waals surface area contributed by atoms with Gasteiger partial charge in [-0.1, -0.05) is 0 Å². The maximum atomic E-state index is 11.9. The summed E-state index contributed by atoms with van der Waals surface area (Å²) in [7, 11) is 1.60. The Hall–Kier alpha value is -2.60. The quantitative estimate of drug-likeness (QED) is 0.753. The van der Waals surface area contributed by atoms with E-state index in [0.717, 1.165) is 22.1 Å². The van der Waals surface area contributed by atoms with Crippen LogP contribution in [-0.4, -0.2) is 22.4 Å². The minimum atomic E-state index is -0.189. The van der Waals surface area contributed by atoms with E-state index in [9.17, 15) is 4.79 Å². The molecule has 1 aromatic carbocycles.